The minimum absolute atomic E-state index is 0.129. The van der Waals surface area contributed by atoms with Gasteiger partial charge in [-0.1, -0.05) is 23.7 Å². The Bertz CT molecular complexity index is 572. The molecular formula is C13H10ClNO3. The van der Waals surface area contributed by atoms with Gasteiger partial charge in [0.1, 0.15) is 12.4 Å². The molecule has 4 nitrogen and oxygen atoms in total. The largest absolute Gasteiger partial charge is 0.487 e. The summed E-state index contributed by atoms with van der Waals surface area (Å²) in [4.78, 5) is 14.8. The van der Waals surface area contributed by atoms with Crippen molar-refractivity contribution in [2.24, 2.45) is 0 Å². The van der Waals surface area contributed by atoms with Crippen LogP contribution >= 0.6 is 11.6 Å². The Kier molecular flexibility index (Phi) is 3.79. The first-order chi connectivity index (χ1) is 8.68. The Labute approximate surface area is 109 Å². The molecular weight excluding hydrogens is 254 g/mol. The lowest BCUT2D eigenvalue weighted by Crippen LogP contribution is -2.06. The smallest absolute Gasteiger partial charge is 0.337 e. The molecule has 0 spiro atoms. The van der Waals surface area contributed by atoms with Gasteiger partial charge in [-0.05, 0) is 18.2 Å². The van der Waals surface area contributed by atoms with Crippen LogP contribution in [0, 0.1) is 0 Å². The van der Waals surface area contributed by atoms with Gasteiger partial charge in [-0.3, -0.25) is 4.98 Å². The molecule has 0 unspecified atom stereocenters. The summed E-state index contributed by atoms with van der Waals surface area (Å²) in [5, 5.41) is 9.49. The first-order valence-electron chi connectivity index (χ1n) is 5.22. The van der Waals surface area contributed by atoms with E-state index in [0.29, 0.717) is 16.3 Å². The highest BCUT2D eigenvalue weighted by molar-refractivity contribution is 6.32. The summed E-state index contributed by atoms with van der Waals surface area (Å²) in [6.07, 6.45) is 2.82. The van der Waals surface area contributed by atoms with Crippen LogP contribution in [0.25, 0.3) is 0 Å². The molecule has 18 heavy (non-hydrogen) atoms. The van der Waals surface area contributed by atoms with E-state index >= 15 is 0 Å². The maximum Gasteiger partial charge on any atom is 0.337 e. The van der Waals surface area contributed by atoms with E-state index in [1.165, 1.54) is 12.4 Å². The predicted molar refractivity (Wildman–Crippen MR) is 67.0 cm³/mol. The second kappa shape index (κ2) is 5.51. The fourth-order valence-corrected chi connectivity index (χ4v) is 1.65. The monoisotopic (exact) mass is 263 g/mol. The van der Waals surface area contributed by atoms with Gasteiger partial charge in [0.05, 0.1) is 10.6 Å². The number of hydrogen-bond acceptors (Lipinski definition) is 3. The molecule has 0 aliphatic carbocycles. The third kappa shape index (κ3) is 2.78. The summed E-state index contributed by atoms with van der Waals surface area (Å²) >= 11 is 5.94. The number of halogens is 1. The van der Waals surface area contributed by atoms with Crippen molar-refractivity contribution < 1.29 is 14.6 Å². The first-order valence-corrected chi connectivity index (χ1v) is 5.60. The van der Waals surface area contributed by atoms with Crippen LogP contribution in [0.4, 0.5) is 0 Å². The SMILES string of the molecule is O=C(O)c1cnccc1COc1ccccc1Cl. The third-order valence-corrected chi connectivity index (χ3v) is 2.67. The van der Waals surface area contributed by atoms with E-state index in [1.807, 2.05) is 0 Å². The lowest BCUT2D eigenvalue weighted by atomic mass is 10.1. The molecule has 1 aromatic carbocycles. The Hall–Kier alpha value is -2.07. The maximum atomic E-state index is 11.0. The second-order valence-corrected chi connectivity index (χ2v) is 3.96. The van der Waals surface area contributed by atoms with Crippen LogP contribution in [-0.2, 0) is 6.61 Å². The van der Waals surface area contributed by atoms with Gasteiger partial charge < -0.3 is 9.84 Å². The van der Waals surface area contributed by atoms with Crippen molar-refractivity contribution in [3.63, 3.8) is 0 Å². The topological polar surface area (TPSA) is 59.4 Å². The summed E-state index contributed by atoms with van der Waals surface area (Å²) in [5.74, 6) is -0.506. The molecule has 5 heteroatoms. The van der Waals surface area contributed by atoms with E-state index in [1.54, 1.807) is 30.3 Å². The van der Waals surface area contributed by atoms with Crippen LogP contribution in [0.3, 0.4) is 0 Å². The summed E-state index contributed by atoms with van der Waals surface area (Å²) < 4.78 is 5.49. The van der Waals surface area contributed by atoms with Gasteiger partial charge in [-0.25, -0.2) is 4.79 Å². The molecule has 2 aromatic rings. The van der Waals surface area contributed by atoms with E-state index in [4.69, 9.17) is 21.4 Å². The second-order valence-electron chi connectivity index (χ2n) is 3.56. The van der Waals surface area contributed by atoms with Crippen molar-refractivity contribution >= 4 is 17.6 Å². The molecule has 2 rings (SSSR count). The zero-order valence-corrected chi connectivity index (χ0v) is 10.1. The number of hydrogen-bond donors (Lipinski definition) is 1. The fourth-order valence-electron chi connectivity index (χ4n) is 1.46. The van der Waals surface area contributed by atoms with E-state index in [2.05, 4.69) is 4.98 Å². The van der Waals surface area contributed by atoms with Crippen LogP contribution in [0.5, 0.6) is 5.75 Å². The van der Waals surface area contributed by atoms with Gasteiger partial charge in [0, 0.05) is 18.0 Å². The molecule has 1 heterocycles. The average molecular weight is 264 g/mol. The lowest BCUT2D eigenvalue weighted by Gasteiger charge is -2.09. The molecule has 0 atom stereocenters. The number of ether oxygens (including phenoxy) is 1. The van der Waals surface area contributed by atoms with Crippen molar-refractivity contribution in [1.29, 1.82) is 0 Å². The number of benzene rings is 1. The number of para-hydroxylation sites is 1. The fraction of sp³-hybridized carbons (Fsp3) is 0.0769. The number of rotatable bonds is 4. The number of nitrogens with zero attached hydrogens (tertiary/aromatic N) is 1. The highest BCUT2D eigenvalue weighted by atomic mass is 35.5. The van der Waals surface area contributed by atoms with Gasteiger partial charge >= 0.3 is 5.97 Å². The molecule has 1 N–H and O–H groups in total. The van der Waals surface area contributed by atoms with Gasteiger partial charge in [0.2, 0.25) is 0 Å². The summed E-state index contributed by atoms with van der Waals surface area (Å²) in [6.45, 7) is 0.133. The minimum atomic E-state index is -1.03. The molecule has 0 aliphatic heterocycles. The maximum absolute atomic E-state index is 11.0. The van der Waals surface area contributed by atoms with E-state index in [-0.39, 0.29) is 12.2 Å². The van der Waals surface area contributed by atoms with E-state index in [0.717, 1.165) is 0 Å². The zero-order chi connectivity index (χ0) is 13.0. The number of aromatic carboxylic acids is 1. The standard InChI is InChI=1S/C13H10ClNO3/c14-11-3-1-2-4-12(11)18-8-9-5-6-15-7-10(9)13(16)17/h1-7H,8H2,(H,16,17). The Morgan fingerprint density at radius 2 is 2.11 bits per heavy atom. The number of carboxylic acids is 1. The number of carbonyl (C=O) groups is 1. The Balaban J connectivity index is 2.16. The Morgan fingerprint density at radius 1 is 1.33 bits per heavy atom. The van der Waals surface area contributed by atoms with Crippen molar-refractivity contribution in [2.45, 2.75) is 6.61 Å². The molecule has 0 saturated carbocycles. The number of pyridine rings is 1. The third-order valence-electron chi connectivity index (χ3n) is 2.36. The molecule has 0 radical (unpaired) electrons. The summed E-state index contributed by atoms with van der Waals surface area (Å²) in [5.41, 5.74) is 0.682. The average Bonchev–Trinajstić information content (AvgIpc) is 2.38. The van der Waals surface area contributed by atoms with Crippen LogP contribution in [-0.4, -0.2) is 16.1 Å². The highest BCUT2D eigenvalue weighted by Gasteiger charge is 2.10. The first kappa shape index (κ1) is 12.4. The van der Waals surface area contributed by atoms with Gasteiger partial charge in [0.25, 0.3) is 0 Å². The molecule has 0 aliphatic rings. The zero-order valence-electron chi connectivity index (χ0n) is 9.34. The molecule has 0 bridgehead atoms. The van der Waals surface area contributed by atoms with Crippen LogP contribution in [0.2, 0.25) is 5.02 Å². The van der Waals surface area contributed by atoms with Crippen LogP contribution < -0.4 is 4.74 Å². The van der Waals surface area contributed by atoms with E-state index < -0.39 is 5.97 Å². The predicted octanol–water partition coefficient (Wildman–Crippen LogP) is 3.01. The van der Waals surface area contributed by atoms with Crippen molar-refractivity contribution in [2.75, 3.05) is 0 Å². The van der Waals surface area contributed by atoms with Crippen molar-refractivity contribution in [3.05, 3.63) is 58.9 Å². The Morgan fingerprint density at radius 3 is 2.83 bits per heavy atom. The van der Waals surface area contributed by atoms with E-state index in [9.17, 15) is 4.79 Å². The van der Waals surface area contributed by atoms with Crippen LogP contribution in [0.15, 0.2) is 42.7 Å². The van der Waals surface area contributed by atoms with Gasteiger partial charge in [0.15, 0.2) is 0 Å². The van der Waals surface area contributed by atoms with Crippen molar-refractivity contribution in [1.82, 2.24) is 4.98 Å². The summed E-state index contributed by atoms with van der Waals surface area (Å²) in [6, 6.07) is 8.64. The quantitative estimate of drug-likeness (QED) is 0.921. The van der Waals surface area contributed by atoms with Crippen LogP contribution in [0.1, 0.15) is 15.9 Å². The molecule has 0 saturated heterocycles. The molecule has 1 aromatic heterocycles. The normalized spacial score (nSPS) is 10.1. The highest BCUT2D eigenvalue weighted by Crippen LogP contribution is 2.24. The molecule has 0 fully saturated rings. The molecule has 0 amide bonds. The molecule has 92 valence electrons. The van der Waals surface area contributed by atoms with Crippen molar-refractivity contribution in [3.8, 4) is 5.75 Å². The number of aromatic nitrogens is 1. The lowest BCUT2D eigenvalue weighted by molar-refractivity contribution is 0.0693. The van der Waals surface area contributed by atoms with Gasteiger partial charge in [-0.2, -0.15) is 0 Å². The number of carboxylic acid groups (broad SMARTS) is 1. The minimum Gasteiger partial charge on any atom is -0.487 e. The van der Waals surface area contributed by atoms with Gasteiger partial charge in [-0.15, -0.1) is 0 Å². The summed E-state index contributed by atoms with van der Waals surface area (Å²) in [7, 11) is 0.